The summed E-state index contributed by atoms with van der Waals surface area (Å²) in [7, 11) is 0. The van der Waals surface area contributed by atoms with E-state index in [-0.39, 0.29) is 17.8 Å². The predicted octanol–water partition coefficient (Wildman–Crippen LogP) is 4.87. The van der Waals surface area contributed by atoms with Gasteiger partial charge < -0.3 is 10.1 Å². The second-order valence-electron chi connectivity index (χ2n) is 6.08. The molecule has 0 bridgehead atoms. The van der Waals surface area contributed by atoms with E-state index in [0.717, 1.165) is 16.0 Å². The fraction of sp³-hybridized carbons (Fsp3) is 0.190. The first-order chi connectivity index (χ1) is 12.5. The van der Waals surface area contributed by atoms with Gasteiger partial charge in [-0.3, -0.25) is 4.79 Å². The third kappa shape index (κ3) is 4.49. The topological polar surface area (TPSA) is 38.3 Å². The molecule has 0 spiro atoms. The molecular weight excluding hydrogens is 349 g/mol. The van der Waals surface area contributed by atoms with Crippen LogP contribution in [0.4, 0.5) is 4.39 Å². The van der Waals surface area contributed by atoms with Gasteiger partial charge in [0.2, 0.25) is 0 Å². The molecule has 1 heterocycles. The highest BCUT2D eigenvalue weighted by Crippen LogP contribution is 2.26. The van der Waals surface area contributed by atoms with E-state index in [1.165, 1.54) is 12.1 Å². The molecule has 0 saturated carbocycles. The second-order valence-corrected chi connectivity index (χ2v) is 7.06. The first kappa shape index (κ1) is 18.1. The molecule has 0 fully saturated rings. The van der Waals surface area contributed by atoms with Crippen molar-refractivity contribution in [1.82, 2.24) is 5.32 Å². The Labute approximate surface area is 156 Å². The summed E-state index contributed by atoms with van der Waals surface area (Å²) in [5.41, 5.74) is 1.95. The highest BCUT2D eigenvalue weighted by molar-refractivity contribution is 7.10. The molecule has 1 aromatic heterocycles. The molecule has 3 rings (SSSR count). The van der Waals surface area contributed by atoms with Crippen molar-refractivity contribution in [3.8, 4) is 5.75 Å². The highest BCUT2D eigenvalue weighted by Gasteiger charge is 2.22. The van der Waals surface area contributed by atoms with E-state index in [4.69, 9.17) is 4.74 Å². The number of carbonyl (C=O) groups excluding carboxylic acids is 1. The van der Waals surface area contributed by atoms with Gasteiger partial charge in [0.25, 0.3) is 5.91 Å². The number of thiophene rings is 1. The lowest BCUT2D eigenvalue weighted by atomic mass is 10.0. The smallest absolute Gasteiger partial charge is 0.261 e. The van der Waals surface area contributed by atoms with Crippen LogP contribution < -0.4 is 10.1 Å². The van der Waals surface area contributed by atoms with Gasteiger partial charge in [0.15, 0.2) is 6.10 Å². The Kier molecular flexibility index (Phi) is 5.68. The normalized spacial score (nSPS) is 13.0. The zero-order valence-corrected chi connectivity index (χ0v) is 15.4. The number of nitrogens with one attached hydrogen (secondary N) is 1. The molecule has 0 unspecified atom stereocenters. The van der Waals surface area contributed by atoms with E-state index >= 15 is 0 Å². The Morgan fingerprint density at radius 3 is 2.38 bits per heavy atom. The summed E-state index contributed by atoms with van der Waals surface area (Å²) in [6.45, 7) is 3.71. The second kappa shape index (κ2) is 8.15. The maximum atomic E-state index is 13.2. The summed E-state index contributed by atoms with van der Waals surface area (Å²) in [6.07, 6.45) is -0.652. The maximum absolute atomic E-state index is 13.2. The van der Waals surface area contributed by atoms with Crippen molar-refractivity contribution < 1.29 is 13.9 Å². The number of carbonyl (C=O) groups is 1. The van der Waals surface area contributed by atoms with E-state index in [0.29, 0.717) is 5.75 Å². The Balaban J connectivity index is 1.74. The van der Waals surface area contributed by atoms with Crippen molar-refractivity contribution >= 4 is 17.2 Å². The van der Waals surface area contributed by atoms with Crippen LogP contribution in [-0.2, 0) is 4.79 Å². The van der Waals surface area contributed by atoms with Crippen LogP contribution in [0.3, 0.4) is 0 Å². The zero-order chi connectivity index (χ0) is 18.5. The fourth-order valence-electron chi connectivity index (χ4n) is 2.56. The summed E-state index contributed by atoms with van der Waals surface area (Å²) in [5, 5.41) is 4.96. The largest absolute Gasteiger partial charge is 0.481 e. The van der Waals surface area contributed by atoms with Crippen LogP contribution in [0.1, 0.15) is 29.0 Å². The molecule has 0 aliphatic carbocycles. The average Bonchev–Trinajstić information content (AvgIpc) is 3.16. The molecule has 3 nitrogen and oxygen atoms in total. The molecule has 1 N–H and O–H groups in total. The lowest BCUT2D eigenvalue weighted by Gasteiger charge is -2.21. The molecule has 0 aliphatic rings. The van der Waals surface area contributed by atoms with Crippen molar-refractivity contribution in [3.05, 3.63) is 87.9 Å². The lowest BCUT2D eigenvalue weighted by Crippen LogP contribution is -2.38. The molecule has 0 saturated heterocycles. The summed E-state index contributed by atoms with van der Waals surface area (Å²) < 4.78 is 19.0. The van der Waals surface area contributed by atoms with Gasteiger partial charge in [0.05, 0.1) is 6.04 Å². The Morgan fingerprint density at radius 1 is 1.08 bits per heavy atom. The van der Waals surface area contributed by atoms with Gasteiger partial charge in [0.1, 0.15) is 11.6 Å². The highest BCUT2D eigenvalue weighted by atomic mass is 32.1. The number of halogens is 1. The standard InChI is InChI=1S/C21H20FNO2S/c1-14-5-11-18(12-6-14)25-15(2)21(24)23-20(19-4-3-13-26-19)16-7-9-17(22)10-8-16/h3-13,15,20H,1-2H3,(H,23,24)/t15-,20-/m1/s1. The Hall–Kier alpha value is -2.66. The fourth-order valence-corrected chi connectivity index (χ4v) is 3.37. The van der Waals surface area contributed by atoms with Crippen molar-refractivity contribution in [3.63, 3.8) is 0 Å². The predicted molar refractivity (Wildman–Crippen MR) is 102 cm³/mol. The van der Waals surface area contributed by atoms with Gasteiger partial charge in [-0.05, 0) is 55.1 Å². The van der Waals surface area contributed by atoms with Crippen molar-refractivity contribution in [1.29, 1.82) is 0 Å². The number of hydrogen-bond acceptors (Lipinski definition) is 3. The van der Waals surface area contributed by atoms with Crippen LogP contribution in [0, 0.1) is 12.7 Å². The number of rotatable bonds is 6. The summed E-state index contributed by atoms with van der Waals surface area (Å²) in [6, 6.07) is 17.3. The van der Waals surface area contributed by atoms with E-state index in [2.05, 4.69) is 5.32 Å². The van der Waals surface area contributed by atoms with Gasteiger partial charge in [-0.2, -0.15) is 0 Å². The number of aryl methyl sites for hydroxylation is 1. The third-order valence-electron chi connectivity index (χ3n) is 4.02. The van der Waals surface area contributed by atoms with E-state index in [9.17, 15) is 9.18 Å². The van der Waals surface area contributed by atoms with Gasteiger partial charge in [-0.1, -0.05) is 35.9 Å². The zero-order valence-electron chi connectivity index (χ0n) is 14.6. The molecule has 134 valence electrons. The van der Waals surface area contributed by atoms with Crippen LogP contribution in [0.5, 0.6) is 5.75 Å². The summed E-state index contributed by atoms with van der Waals surface area (Å²) in [5.74, 6) is 0.113. The molecular formula is C21H20FNO2S. The quantitative estimate of drug-likeness (QED) is 0.673. The molecule has 5 heteroatoms. The monoisotopic (exact) mass is 369 g/mol. The van der Waals surface area contributed by atoms with Crippen LogP contribution in [0.25, 0.3) is 0 Å². The van der Waals surface area contributed by atoms with E-state index < -0.39 is 6.10 Å². The van der Waals surface area contributed by atoms with Gasteiger partial charge >= 0.3 is 0 Å². The van der Waals surface area contributed by atoms with Gasteiger partial charge in [-0.25, -0.2) is 4.39 Å². The van der Waals surface area contributed by atoms with Crippen LogP contribution in [0.2, 0.25) is 0 Å². The minimum atomic E-state index is -0.652. The van der Waals surface area contributed by atoms with Crippen LogP contribution in [0.15, 0.2) is 66.0 Å². The molecule has 1 amide bonds. The van der Waals surface area contributed by atoms with E-state index in [1.54, 1.807) is 30.4 Å². The first-order valence-electron chi connectivity index (χ1n) is 8.35. The molecule has 0 radical (unpaired) electrons. The molecule has 3 aromatic rings. The van der Waals surface area contributed by atoms with Crippen molar-refractivity contribution in [2.75, 3.05) is 0 Å². The molecule has 2 aromatic carbocycles. The molecule has 2 atom stereocenters. The number of benzene rings is 2. The average molecular weight is 369 g/mol. The van der Waals surface area contributed by atoms with Gasteiger partial charge in [-0.15, -0.1) is 11.3 Å². The van der Waals surface area contributed by atoms with Crippen LogP contribution >= 0.6 is 11.3 Å². The minimum Gasteiger partial charge on any atom is -0.481 e. The third-order valence-corrected chi connectivity index (χ3v) is 4.96. The first-order valence-corrected chi connectivity index (χ1v) is 9.23. The number of hydrogen-bond donors (Lipinski definition) is 1. The van der Waals surface area contributed by atoms with E-state index in [1.807, 2.05) is 48.7 Å². The SMILES string of the molecule is Cc1ccc(O[C@H](C)C(=O)N[C@H](c2ccc(F)cc2)c2cccs2)cc1. The number of ether oxygens (including phenoxy) is 1. The summed E-state index contributed by atoms with van der Waals surface area (Å²) in [4.78, 5) is 13.6. The Bertz CT molecular complexity index is 845. The van der Waals surface area contributed by atoms with Gasteiger partial charge in [0, 0.05) is 4.88 Å². The lowest BCUT2D eigenvalue weighted by molar-refractivity contribution is -0.127. The van der Waals surface area contributed by atoms with Crippen LogP contribution in [-0.4, -0.2) is 12.0 Å². The maximum Gasteiger partial charge on any atom is 0.261 e. The Morgan fingerprint density at radius 2 is 1.77 bits per heavy atom. The van der Waals surface area contributed by atoms with Crippen molar-refractivity contribution in [2.24, 2.45) is 0 Å². The molecule has 26 heavy (non-hydrogen) atoms. The number of amides is 1. The minimum absolute atomic E-state index is 0.228. The molecule has 0 aliphatic heterocycles. The summed E-state index contributed by atoms with van der Waals surface area (Å²) >= 11 is 1.54. The van der Waals surface area contributed by atoms with Crippen molar-refractivity contribution in [2.45, 2.75) is 26.0 Å².